The average molecular weight is 359 g/mol. The third kappa shape index (κ3) is 3.80. The Bertz CT molecular complexity index is 949. The molecule has 1 aliphatic rings. The number of phenols is 1. The molecule has 27 heavy (non-hydrogen) atoms. The van der Waals surface area contributed by atoms with Crippen molar-refractivity contribution in [3.05, 3.63) is 83.9 Å². The molecule has 0 amide bonds. The second kappa shape index (κ2) is 7.54. The Morgan fingerprint density at radius 3 is 2.48 bits per heavy atom. The van der Waals surface area contributed by atoms with Gasteiger partial charge in [-0.25, -0.2) is 0 Å². The van der Waals surface area contributed by atoms with Crippen molar-refractivity contribution in [3.63, 3.8) is 0 Å². The van der Waals surface area contributed by atoms with Gasteiger partial charge < -0.3 is 14.6 Å². The van der Waals surface area contributed by atoms with Crippen LogP contribution in [0.25, 0.3) is 11.1 Å². The van der Waals surface area contributed by atoms with E-state index in [9.17, 15) is 5.11 Å². The van der Waals surface area contributed by atoms with Gasteiger partial charge in [0.2, 0.25) is 0 Å². The van der Waals surface area contributed by atoms with Crippen LogP contribution in [-0.2, 0) is 11.2 Å². The van der Waals surface area contributed by atoms with Crippen LogP contribution in [0.5, 0.6) is 11.5 Å². The number of nitrogens with zero attached hydrogens (tertiary/aromatic N) is 1. The molecule has 0 aromatic heterocycles. The van der Waals surface area contributed by atoms with E-state index in [1.54, 1.807) is 6.07 Å². The molecular weight excluding hydrogens is 338 g/mol. The third-order valence-corrected chi connectivity index (χ3v) is 4.70. The fraction of sp³-hybridized carbons (Fsp3) is 0.174. The minimum atomic E-state index is -0.0520. The van der Waals surface area contributed by atoms with Crippen molar-refractivity contribution in [2.45, 2.75) is 12.5 Å². The average Bonchev–Trinajstić information content (AvgIpc) is 3.19. The summed E-state index contributed by atoms with van der Waals surface area (Å²) in [7, 11) is 1.54. The Balaban J connectivity index is 1.42. The first-order chi connectivity index (χ1) is 13.2. The van der Waals surface area contributed by atoms with E-state index in [4.69, 9.17) is 9.47 Å². The molecule has 0 saturated carbocycles. The summed E-state index contributed by atoms with van der Waals surface area (Å²) < 4.78 is 11.2. The minimum Gasteiger partial charge on any atom is -0.504 e. The molecule has 1 atom stereocenters. The van der Waals surface area contributed by atoms with Gasteiger partial charge in [0, 0.05) is 6.42 Å². The van der Waals surface area contributed by atoms with Gasteiger partial charge >= 0.3 is 0 Å². The normalized spacial score (nSPS) is 15.9. The number of methoxy groups -OCH3 is 1. The van der Waals surface area contributed by atoms with Gasteiger partial charge in [-0.05, 0) is 34.4 Å². The lowest BCUT2D eigenvalue weighted by molar-refractivity contribution is 0.225. The Kier molecular flexibility index (Phi) is 4.79. The van der Waals surface area contributed by atoms with Gasteiger partial charge in [-0.15, -0.1) is 0 Å². The smallest absolute Gasteiger partial charge is 0.188 e. The standard InChI is InChI=1S/C23H21NO3/c1-26-21-13-16(7-12-20(21)25)14-23-24-15-22(27-23)19-10-8-18(9-11-19)17-5-3-2-4-6-17/h2-13,22,25H,14-15H2,1H3. The van der Waals surface area contributed by atoms with Crippen LogP contribution < -0.4 is 4.74 Å². The summed E-state index contributed by atoms with van der Waals surface area (Å²) in [5.41, 5.74) is 4.50. The molecule has 0 saturated heterocycles. The molecule has 0 fully saturated rings. The Morgan fingerprint density at radius 2 is 1.74 bits per heavy atom. The molecule has 4 heteroatoms. The monoisotopic (exact) mass is 359 g/mol. The fourth-order valence-electron chi connectivity index (χ4n) is 3.22. The van der Waals surface area contributed by atoms with Gasteiger partial charge in [0.05, 0.1) is 13.7 Å². The number of aliphatic imine (C=N–C) groups is 1. The van der Waals surface area contributed by atoms with E-state index in [1.807, 2.05) is 30.3 Å². The molecule has 4 rings (SSSR count). The summed E-state index contributed by atoms with van der Waals surface area (Å²) in [5.74, 6) is 1.30. The van der Waals surface area contributed by atoms with Crippen LogP contribution in [0, 0.1) is 0 Å². The summed E-state index contributed by atoms with van der Waals surface area (Å²) in [6, 6.07) is 24.1. The Hall–Kier alpha value is -3.27. The van der Waals surface area contributed by atoms with Gasteiger partial charge in [0.25, 0.3) is 0 Å². The second-order valence-electron chi connectivity index (χ2n) is 6.51. The predicted molar refractivity (Wildman–Crippen MR) is 106 cm³/mol. The van der Waals surface area contributed by atoms with Crippen molar-refractivity contribution in [1.29, 1.82) is 0 Å². The first kappa shape index (κ1) is 17.2. The van der Waals surface area contributed by atoms with E-state index in [0.29, 0.717) is 24.6 Å². The second-order valence-corrected chi connectivity index (χ2v) is 6.51. The van der Waals surface area contributed by atoms with Gasteiger partial charge in [-0.2, -0.15) is 0 Å². The summed E-state index contributed by atoms with van der Waals surface area (Å²) >= 11 is 0. The fourth-order valence-corrected chi connectivity index (χ4v) is 3.22. The van der Waals surface area contributed by atoms with Crippen molar-refractivity contribution in [2.24, 2.45) is 4.99 Å². The lowest BCUT2D eigenvalue weighted by atomic mass is 10.0. The number of phenolic OH excluding ortho intramolecular Hbond substituents is 1. The molecule has 3 aromatic carbocycles. The number of rotatable bonds is 5. The van der Waals surface area contributed by atoms with Crippen LogP contribution in [0.15, 0.2) is 77.8 Å². The lowest BCUT2D eigenvalue weighted by Crippen LogP contribution is -2.07. The molecular formula is C23H21NO3. The van der Waals surface area contributed by atoms with E-state index in [0.717, 1.165) is 11.1 Å². The van der Waals surface area contributed by atoms with Crippen LogP contribution >= 0.6 is 0 Å². The molecule has 136 valence electrons. The van der Waals surface area contributed by atoms with Crippen molar-refractivity contribution < 1.29 is 14.6 Å². The van der Waals surface area contributed by atoms with E-state index in [2.05, 4.69) is 41.4 Å². The quantitative estimate of drug-likeness (QED) is 0.713. The third-order valence-electron chi connectivity index (χ3n) is 4.70. The first-order valence-electron chi connectivity index (χ1n) is 8.94. The van der Waals surface area contributed by atoms with E-state index in [1.165, 1.54) is 18.2 Å². The van der Waals surface area contributed by atoms with Crippen LogP contribution in [0.3, 0.4) is 0 Å². The highest BCUT2D eigenvalue weighted by atomic mass is 16.5. The molecule has 0 radical (unpaired) electrons. The lowest BCUT2D eigenvalue weighted by Gasteiger charge is -2.13. The number of benzene rings is 3. The zero-order valence-corrected chi connectivity index (χ0v) is 15.1. The van der Waals surface area contributed by atoms with Crippen LogP contribution in [0.1, 0.15) is 17.2 Å². The first-order valence-corrected chi connectivity index (χ1v) is 8.94. The van der Waals surface area contributed by atoms with E-state index in [-0.39, 0.29) is 11.9 Å². The Labute approximate surface area is 158 Å². The topological polar surface area (TPSA) is 51.0 Å². The van der Waals surface area contributed by atoms with Crippen molar-refractivity contribution in [2.75, 3.05) is 13.7 Å². The highest BCUT2D eigenvalue weighted by molar-refractivity contribution is 5.80. The van der Waals surface area contributed by atoms with E-state index >= 15 is 0 Å². The molecule has 1 heterocycles. The predicted octanol–water partition coefficient (Wildman–Crippen LogP) is 4.78. The van der Waals surface area contributed by atoms with Gasteiger partial charge in [0.1, 0.15) is 6.10 Å². The molecule has 1 N–H and O–H groups in total. The van der Waals surface area contributed by atoms with Crippen molar-refractivity contribution in [1.82, 2.24) is 0 Å². The summed E-state index contributed by atoms with van der Waals surface area (Å²) in [6.45, 7) is 0.620. The number of hydrogen-bond donors (Lipinski definition) is 1. The summed E-state index contributed by atoms with van der Waals surface area (Å²) in [4.78, 5) is 4.54. The number of hydrogen-bond acceptors (Lipinski definition) is 4. The van der Waals surface area contributed by atoms with Gasteiger partial charge in [-0.1, -0.05) is 60.7 Å². The summed E-state index contributed by atoms with van der Waals surface area (Å²) in [5, 5.41) is 9.70. The Morgan fingerprint density at radius 1 is 1.00 bits per heavy atom. The van der Waals surface area contributed by atoms with Crippen LogP contribution in [-0.4, -0.2) is 24.7 Å². The highest BCUT2D eigenvalue weighted by Crippen LogP contribution is 2.29. The van der Waals surface area contributed by atoms with E-state index < -0.39 is 0 Å². The van der Waals surface area contributed by atoms with Crippen LogP contribution in [0.2, 0.25) is 0 Å². The van der Waals surface area contributed by atoms with Gasteiger partial charge in [-0.3, -0.25) is 4.99 Å². The maximum atomic E-state index is 9.70. The maximum Gasteiger partial charge on any atom is 0.188 e. The number of aromatic hydroxyl groups is 1. The van der Waals surface area contributed by atoms with Crippen molar-refractivity contribution >= 4 is 5.90 Å². The maximum absolute atomic E-state index is 9.70. The minimum absolute atomic E-state index is 0.0520. The molecule has 0 spiro atoms. The molecule has 0 bridgehead atoms. The summed E-state index contributed by atoms with van der Waals surface area (Å²) in [6.07, 6.45) is 0.527. The number of ether oxygens (including phenoxy) is 2. The van der Waals surface area contributed by atoms with Crippen LogP contribution in [0.4, 0.5) is 0 Å². The zero-order chi connectivity index (χ0) is 18.6. The molecule has 4 nitrogen and oxygen atoms in total. The largest absolute Gasteiger partial charge is 0.504 e. The van der Waals surface area contributed by atoms with Gasteiger partial charge in [0.15, 0.2) is 17.4 Å². The van der Waals surface area contributed by atoms with Crippen molar-refractivity contribution in [3.8, 4) is 22.6 Å². The molecule has 0 aliphatic carbocycles. The molecule has 1 aliphatic heterocycles. The molecule has 1 unspecified atom stereocenters. The SMILES string of the molecule is COc1cc(CC2=NCC(c3ccc(-c4ccccc4)cc3)O2)ccc1O. The zero-order valence-electron chi connectivity index (χ0n) is 15.1. The highest BCUT2D eigenvalue weighted by Gasteiger charge is 2.22. The molecule has 3 aromatic rings.